The highest BCUT2D eigenvalue weighted by Gasteiger charge is 2.38. The molecule has 158 valence electrons. The lowest BCUT2D eigenvalue weighted by molar-refractivity contribution is -0.139. The van der Waals surface area contributed by atoms with Crippen molar-refractivity contribution in [1.29, 1.82) is 0 Å². The Labute approximate surface area is 167 Å². The largest absolute Gasteiger partial charge is 0.444 e. The van der Waals surface area contributed by atoms with Crippen LogP contribution in [0.15, 0.2) is 23.1 Å². The number of alkyl halides is 3. The van der Waals surface area contributed by atoms with E-state index in [1.807, 2.05) is 0 Å². The Balaban J connectivity index is 2.08. The minimum Gasteiger partial charge on any atom is -0.444 e. The molecule has 0 spiro atoms. The Morgan fingerprint density at radius 1 is 1.21 bits per heavy atom. The van der Waals surface area contributed by atoms with Crippen molar-refractivity contribution in [2.45, 2.75) is 56.3 Å². The van der Waals surface area contributed by atoms with Crippen molar-refractivity contribution in [2.75, 3.05) is 13.1 Å². The molecule has 1 aromatic carbocycles. The van der Waals surface area contributed by atoms with Crippen LogP contribution in [-0.4, -0.2) is 44.1 Å². The third-order valence-electron chi connectivity index (χ3n) is 4.00. The van der Waals surface area contributed by atoms with Crippen LogP contribution in [0.5, 0.6) is 0 Å². The van der Waals surface area contributed by atoms with Crippen LogP contribution in [0.2, 0.25) is 5.02 Å². The van der Waals surface area contributed by atoms with Crippen molar-refractivity contribution in [3.05, 3.63) is 28.8 Å². The van der Waals surface area contributed by atoms with Crippen LogP contribution in [0.1, 0.15) is 39.2 Å². The maximum absolute atomic E-state index is 13.2. The second-order valence-corrected chi connectivity index (χ2v) is 9.62. The molecule has 1 amide bonds. The summed E-state index contributed by atoms with van der Waals surface area (Å²) in [4.78, 5) is 12.6. The van der Waals surface area contributed by atoms with Gasteiger partial charge >= 0.3 is 12.3 Å². The summed E-state index contributed by atoms with van der Waals surface area (Å²) in [5.41, 5.74) is -1.98. The van der Waals surface area contributed by atoms with Gasteiger partial charge in [-0.2, -0.15) is 13.2 Å². The van der Waals surface area contributed by atoms with Crippen molar-refractivity contribution in [3.63, 3.8) is 0 Å². The highest BCUT2D eigenvalue weighted by Crippen LogP contribution is 2.36. The van der Waals surface area contributed by atoms with Crippen LogP contribution in [0.4, 0.5) is 18.0 Å². The average molecular weight is 443 g/mol. The van der Waals surface area contributed by atoms with Gasteiger partial charge in [-0.25, -0.2) is 17.9 Å². The first kappa shape index (κ1) is 22.8. The molecule has 0 atom stereocenters. The monoisotopic (exact) mass is 442 g/mol. The second kappa shape index (κ2) is 8.08. The molecule has 1 aromatic rings. The number of halogens is 4. The van der Waals surface area contributed by atoms with E-state index in [1.165, 1.54) is 4.90 Å². The summed E-state index contributed by atoms with van der Waals surface area (Å²) in [5, 5.41) is -0.211. The Bertz CT molecular complexity index is 830. The molecular formula is C17H22ClF3N2O4S. The van der Waals surface area contributed by atoms with E-state index >= 15 is 0 Å². The van der Waals surface area contributed by atoms with Gasteiger partial charge < -0.3 is 9.64 Å². The average Bonchev–Trinajstić information content (AvgIpc) is 2.52. The number of amides is 1. The van der Waals surface area contributed by atoms with E-state index in [9.17, 15) is 26.4 Å². The molecule has 1 N–H and O–H groups in total. The first-order valence-electron chi connectivity index (χ1n) is 8.56. The number of benzene rings is 1. The van der Waals surface area contributed by atoms with E-state index in [-0.39, 0.29) is 31.0 Å². The Kier molecular flexibility index (Phi) is 6.57. The first-order chi connectivity index (χ1) is 12.7. The molecule has 0 saturated carbocycles. The molecule has 0 aliphatic carbocycles. The predicted molar refractivity (Wildman–Crippen MR) is 97.6 cm³/mol. The van der Waals surface area contributed by atoms with Gasteiger partial charge in [0.05, 0.1) is 10.5 Å². The van der Waals surface area contributed by atoms with Crippen molar-refractivity contribution in [1.82, 2.24) is 9.62 Å². The van der Waals surface area contributed by atoms with E-state index in [0.29, 0.717) is 6.07 Å². The molecule has 0 unspecified atom stereocenters. The SMILES string of the molecule is CC(C)(C)OC(=O)N1CCC(NS(=O)(=O)c2ccc(Cl)cc2C(F)(F)F)CC1. The zero-order valence-corrected chi connectivity index (χ0v) is 17.2. The smallest absolute Gasteiger partial charge is 0.417 e. The van der Waals surface area contributed by atoms with Crippen LogP contribution in [0, 0.1) is 0 Å². The number of hydrogen-bond acceptors (Lipinski definition) is 4. The van der Waals surface area contributed by atoms with Crippen LogP contribution >= 0.6 is 11.6 Å². The summed E-state index contributed by atoms with van der Waals surface area (Å²) < 4.78 is 72.2. The van der Waals surface area contributed by atoms with Crippen LogP contribution < -0.4 is 4.72 Å². The fraction of sp³-hybridized carbons (Fsp3) is 0.588. The van der Waals surface area contributed by atoms with Crippen molar-refractivity contribution >= 4 is 27.7 Å². The summed E-state index contributed by atoms with van der Waals surface area (Å²) in [7, 11) is -4.42. The number of hydrogen-bond donors (Lipinski definition) is 1. The molecule has 1 saturated heterocycles. The summed E-state index contributed by atoms with van der Waals surface area (Å²) >= 11 is 5.59. The molecular weight excluding hydrogens is 421 g/mol. The van der Waals surface area contributed by atoms with Crippen LogP contribution in [-0.2, 0) is 20.9 Å². The van der Waals surface area contributed by atoms with Gasteiger partial charge in [-0.05, 0) is 51.8 Å². The van der Waals surface area contributed by atoms with Gasteiger partial charge in [-0.3, -0.25) is 0 Å². The minimum atomic E-state index is -4.87. The summed E-state index contributed by atoms with van der Waals surface area (Å²) in [6.45, 7) is 5.66. The van der Waals surface area contributed by atoms with Gasteiger partial charge in [-0.1, -0.05) is 11.6 Å². The zero-order valence-electron chi connectivity index (χ0n) is 15.6. The zero-order chi connectivity index (χ0) is 21.3. The molecule has 0 aromatic heterocycles. The Hall–Kier alpha value is -1.52. The molecule has 1 aliphatic heterocycles. The lowest BCUT2D eigenvalue weighted by atomic mass is 10.1. The highest BCUT2D eigenvalue weighted by atomic mass is 35.5. The number of piperidine rings is 1. The standard InChI is InChI=1S/C17H22ClF3N2O4S/c1-16(2,3)27-15(24)23-8-6-12(7-9-23)22-28(25,26)14-5-4-11(18)10-13(14)17(19,20)21/h4-5,10,12,22H,6-9H2,1-3H3. The number of ether oxygens (including phenoxy) is 1. The quantitative estimate of drug-likeness (QED) is 0.766. The number of nitrogens with one attached hydrogen (secondary N) is 1. The molecule has 1 heterocycles. The highest BCUT2D eigenvalue weighted by molar-refractivity contribution is 7.89. The van der Waals surface area contributed by atoms with Gasteiger partial charge in [0, 0.05) is 24.2 Å². The third kappa shape index (κ3) is 5.99. The number of carbonyl (C=O) groups excluding carboxylic acids is 1. The Morgan fingerprint density at radius 2 is 1.79 bits per heavy atom. The van der Waals surface area contributed by atoms with Gasteiger partial charge in [0.2, 0.25) is 10.0 Å². The maximum atomic E-state index is 13.2. The second-order valence-electron chi connectivity index (χ2n) is 7.50. The molecule has 6 nitrogen and oxygen atoms in total. The van der Waals surface area contributed by atoms with Gasteiger partial charge in [0.15, 0.2) is 0 Å². The first-order valence-corrected chi connectivity index (χ1v) is 10.4. The lowest BCUT2D eigenvalue weighted by Crippen LogP contribution is -2.47. The van der Waals surface area contributed by atoms with Crippen molar-refractivity contribution in [2.24, 2.45) is 0 Å². The van der Waals surface area contributed by atoms with Crippen molar-refractivity contribution in [3.8, 4) is 0 Å². The van der Waals surface area contributed by atoms with E-state index in [0.717, 1.165) is 12.1 Å². The number of likely N-dealkylation sites (tertiary alicyclic amines) is 1. The fourth-order valence-corrected chi connectivity index (χ4v) is 4.43. The topological polar surface area (TPSA) is 75.7 Å². The summed E-state index contributed by atoms with van der Waals surface area (Å²) in [5.74, 6) is 0. The molecule has 0 bridgehead atoms. The molecule has 11 heteroatoms. The van der Waals surface area contributed by atoms with Crippen LogP contribution in [0.25, 0.3) is 0 Å². The van der Waals surface area contributed by atoms with Gasteiger partial charge in [0.25, 0.3) is 0 Å². The van der Waals surface area contributed by atoms with E-state index in [1.54, 1.807) is 20.8 Å². The fourth-order valence-electron chi connectivity index (χ4n) is 2.75. The number of rotatable bonds is 3. The number of nitrogens with zero attached hydrogens (tertiary/aromatic N) is 1. The normalized spacial score (nSPS) is 16.9. The molecule has 0 radical (unpaired) electrons. The minimum absolute atomic E-state index is 0.211. The van der Waals surface area contributed by atoms with Crippen molar-refractivity contribution < 1.29 is 31.1 Å². The molecule has 28 heavy (non-hydrogen) atoms. The molecule has 1 fully saturated rings. The van der Waals surface area contributed by atoms with E-state index in [2.05, 4.69) is 4.72 Å². The number of sulfonamides is 1. The summed E-state index contributed by atoms with van der Waals surface area (Å²) in [6.07, 6.45) is -4.86. The van der Waals surface area contributed by atoms with Crippen LogP contribution in [0.3, 0.4) is 0 Å². The Morgan fingerprint density at radius 3 is 2.29 bits per heavy atom. The maximum Gasteiger partial charge on any atom is 0.417 e. The van der Waals surface area contributed by atoms with E-state index in [4.69, 9.17) is 16.3 Å². The van der Waals surface area contributed by atoms with E-state index < -0.39 is 44.4 Å². The molecule has 1 aliphatic rings. The molecule has 2 rings (SSSR count). The van der Waals surface area contributed by atoms with Gasteiger partial charge in [-0.15, -0.1) is 0 Å². The van der Waals surface area contributed by atoms with Gasteiger partial charge in [0.1, 0.15) is 5.60 Å². The number of carbonyl (C=O) groups is 1. The third-order valence-corrected chi connectivity index (χ3v) is 5.82. The summed E-state index contributed by atoms with van der Waals surface area (Å²) in [6, 6.07) is 1.92. The lowest BCUT2D eigenvalue weighted by Gasteiger charge is -2.33. The predicted octanol–water partition coefficient (Wildman–Crippen LogP) is 4.04.